The van der Waals surface area contributed by atoms with Crippen LogP contribution in [0.4, 0.5) is 0 Å². The number of hydrogen-bond acceptors (Lipinski definition) is 4. The Kier molecular flexibility index (Phi) is 4.31. The summed E-state index contributed by atoms with van der Waals surface area (Å²) in [6.45, 7) is 9.78. The number of nitrogens with one attached hydrogen (secondary N) is 1. The Bertz CT molecular complexity index is 272. The first kappa shape index (κ1) is 13.4. The van der Waals surface area contributed by atoms with Crippen molar-refractivity contribution in [2.75, 3.05) is 33.4 Å². The molecule has 0 aromatic carbocycles. The van der Waals surface area contributed by atoms with Crippen LogP contribution in [0, 0.1) is 11.3 Å². The summed E-state index contributed by atoms with van der Waals surface area (Å²) in [6.07, 6.45) is 0.837. The molecule has 1 rings (SSSR count). The monoisotopic (exact) mass is 225 g/mol. The molecule has 1 atom stereocenters. The summed E-state index contributed by atoms with van der Waals surface area (Å²) < 4.78 is 5.48. The Labute approximate surface area is 98.6 Å². The van der Waals surface area contributed by atoms with Crippen molar-refractivity contribution >= 4 is 0 Å². The Morgan fingerprint density at radius 1 is 1.56 bits per heavy atom. The number of rotatable bonds is 4. The van der Waals surface area contributed by atoms with Crippen LogP contribution in [0.5, 0.6) is 0 Å². The average Bonchev–Trinajstić information content (AvgIpc) is 2.27. The molecule has 1 saturated heterocycles. The van der Waals surface area contributed by atoms with Crippen molar-refractivity contribution in [2.24, 2.45) is 0 Å². The van der Waals surface area contributed by atoms with Crippen LogP contribution in [0.3, 0.4) is 0 Å². The molecule has 1 N–H and O–H groups in total. The van der Waals surface area contributed by atoms with Crippen LogP contribution < -0.4 is 5.32 Å². The number of morpholine rings is 1. The molecule has 1 aliphatic heterocycles. The first-order valence-corrected chi connectivity index (χ1v) is 5.86. The lowest BCUT2D eigenvalue weighted by molar-refractivity contribution is -0.0527. The van der Waals surface area contributed by atoms with E-state index in [2.05, 4.69) is 30.1 Å². The second-order valence-corrected chi connectivity index (χ2v) is 5.30. The average molecular weight is 225 g/mol. The van der Waals surface area contributed by atoms with Gasteiger partial charge in [0.1, 0.15) is 5.54 Å². The molecule has 0 saturated carbocycles. The molecule has 4 heteroatoms. The summed E-state index contributed by atoms with van der Waals surface area (Å²) in [4.78, 5) is 2.41. The van der Waals surface area contributed by atoms with Crippen LogP contribution in [0.25, 0.3) is 0 Å². The van der Waals surface area contributed by atoms with Gasteiger partial charge in [-0.3, -0.25) is 4.90 Å². The summed E-state index contributed by atoms with van der Waals surface area (Å²) in [7, 11) is 1.84. The predicted octanol–water partition coefficient (Wildman–Crippen LogP) is 0.989. The van der Waals surface area contributed by atoms with E-state index in [4.69, 9.17) is 10.00 Å². The fourth-order valence-electron chi connectivity index (χ4n) is 1.90. The van der Waals surface area contributed by atoms with Gasteiger partial charge in [0, 0.05) is 18.6 Å². The Hall–Kier alpha value is -0.630. The molecule has 1 heterocycles. The van der Waals surface area contributed by atoms with Crippen LogP contribution in [0.1, 0.15) is 27.2 Å². The van der Waals surface area contributed by atoms with Gasteiger partial charge in [0.05, 0.1) is 19.3 Å². The SMILES string of the molecule is CNC(C)(C#N)CCN1CCOCC1(C)C. The van der Waals surface area contributed by atoms with Crippen LogP contribution in [0.15, 0.2) is 0 Å². The Morgan fingerprint density at radius 3 is 2.75 bits per heavy atom. The highest BCUT2D eigenvalue weighted by Crippen LogP contribution is 2.20. The second-order valence-electron chi connectivity index (χ2n) is 5.30. The zero-order valence-corrected chi connectivity index (χ0v) is 10.8. The molecule has 4 nitrogen and oxygen atoms in total. The lowest BCUT2D eigenvalue weighted by atomic mass is 9.96. The number of nitriles is 1. The molecule has 0 aromatic rings. The first-order valence-electron chi connectivity index (χ1n) is 5.86. The van der Waals surface area contributed by atoms with Crippen LogP contribution in [-0.4, -0.2) is 49.3 Å². The third-order valence-corrected chi connectivity index (χ3v) is 3.50. The maximum absolute atomic E-state index is 9.09. The van der Waals surface area contributed by atoms with E-state index < -0.39 is 5.54 Å². The Morgan fingerprint density at radius 2 is 2.25 bits per heavy atom. The highest BCUT2D eigenvalue weighted by atomic mass is 16.5. The van der Waals surface area contributed by atoms with Gasteiger partial charge in [-0.15, -0.1) is 0 Å². The van der Waals surface area contributed by atoms with E-state index in [9.17, 15) is 0 Å². The van der Waals surface area contributed by atoms with Crippen LogP contribution in [-0.2, 0) is 4.74 Å². The standard InChI is InChI=1S/C12H23N3O/c1-11(2)10-16-8-7-15(11)6-5-12(3,9-13)14-4/h14H,5-8,10H2,1-4H3. The first-order chi connectivity index (χ1) is 7.43. The van der Waals surface area contributed by atoms with Gasteiger partial charge in [0.25, 0.3) is 0 Å². The van der Waals surface area contributed by atoms with Crippen molar-refractivity contribution < 1.29 is 4.74 Å². The van der Waals surface area contributed by atoms with Gasteiger partial charge >= 0.3 is 0 Å². The Balaban J connectivity index is 2.51. The summed E-state index contributed by atoms with van der Waals surface area (Å²) in [6, 6.07) is 2.33. The van der Waals surface area contributed by atoms with Gasteiger partial charge in [-0.05, 0) is 34.2 Å². The number of hydrogen-bond donors (Lipinski definition) is 1. The minimum atomic E-state index is -0.422. The topological polar surface area (TPSA) is 48.3 Å². The van der Waals surface area contributed by atoms with E-state index >= 15 is 0 Å². The van der Waals surface area contributed by atoms with Gasteiger partial charge in [-0.1, -0.05) is 0 Å². The van der Waals surface area contributed by atoms with Crippen molar-refractivity contribution in [3.63, 3.8) is 0 Å². The molecular weight excluding hydrogens is 202 g/mol. The van der Waals surface area contributed by atoms with E-state index in [1.807, 2.05) is 14.0 Å². The molecule has 0 radical (unpaired) electrons. The van der Waals surface area contributed by atoms with Gasteiger partial charge < -0.3 is 10.1 Å². The summed E-state index contributed by atoms with van der Waals surface area (Å²) in [5.41, 5.74) is -0.337. The maximum Gasteiger partial charge on any atom is 0.104 e. The summed E-state index contributed by atoms with van der Waals surface area (Å²) >= 11 is 0. The number of nitrogens with zero attached hydrogens (tertiary/aromatic N) is 2. The van der Waals surface area contributed by atoms with Gasteiger partial charge in [0.2, 0.25) is 0 Å². The second kappa shape index (κ2) is 5.13. The molecule has 0 bridgehead atoms. The lowest BCUT2D eigenvalue weighted by Gasteiger charge is -2.43. The van der Waals surface area contributed by atoms with Crippen molar-refractivity contribution in [1.29, 1.82) is 5.26 Å². The molecule has 92 valence electrons. The highest BCUT2D eigenvalue weighted by molar-refractivity contribution is 5.03. The third-order valence-electron chi connectivity index (χ3n) is 3.50. The van der Waals surface area contributed by atoms with E-state index in [1.54, 1.807) is 0 Å². The zero-order chi connectivity index (χ0) is 12.2. The molecule has 16 heavy (non-hydrogen) atoms. The fraction of sp³-hybridized carbons (Fsp3) is 0.917. The van der Waals surface area contributed by atoms with Crippen molar-refractivity contribution in [1.82, 2.24) is 10.2 Å². The molecule has 1 unspecified atom stereocenters. The number of ether oxygens (including phenoxy) is 1. The van der Waals surface area contributed by atoms with Gasteiger partial charge in [-0.2, -0.15) is 5.26 Å². The van der Waals surface area contributed by atoms with Crippen molar-refractivity contribution in [3.05, 3.63) is 0 Å². The smallest absolute Gasteiger partial charge is 0.104 e. The summed E-state index contributed by atoms with van der Waals surface area (Å²) in [5, 5.41) is 12.2. The predicted molar refractivity (Wildman–Crippen MR) is 64.2 cm³/mol. The van der Waals surface area contributed by atoms with E-state index in [0.29, 0.717) is 0 Å². The maximum atomic E-state index is 9.09. The molecule has 0 amide bonds. The molecule has 0 aromatic heterocycles. The van der Waals surface area contributed by atoms with Gasteiger partial charge in [-0.25, -0.2) is 0 Å². The largest absolute Gasteiger partial charge is 0.378 e. The third kappa shape index (κ3) is 3.18. The summed E-state index contributed by atoms with van der Waals surface area (Å²) in [5.74, 6) is 0. The van der Waals surface area contributed by atoms with E-state index in [1.165, 1.54) is 0 Å². The van der Waals surface area contributed by atoms with Crippen molar-refractivity contribution in [2.45, 2.75) is 38.3 Å². The molecule has 1 fully saturated rings. The van der Waals surface area contributed by atoms with Crippen molar-refractivity contribution in [3.8, 4) is 6.07 Å². The molecule has 0 aliphatic carbocycles. The normalized spacial score (nSPS) is 24.7. The molecule has 1 aliphatic rings. The molecular formula is C12H23N3O. The zero-order valence-electron chi connectivity index (χ0n) is 10.8. The van der Waals surface area contributed by atoms with Crippen LogP contribution >= 0.6 is 0 Å². The van der Waals surface area contributed by atoms with E-state index in [-0.39, 0.29) is 5.54 Å². The fourth-order valence-corrected chi connectivity index (χ4v) is 1.90. The quantitative estimate of drug-likeness (QED) is 0.775. The van der Waals surface area contributed by atoms with E-state index in [0.717, 1.165) is 32.7 Å². The molecule has 0 spiro atoms. The van der Waals surface area contributed by atoms with Gasteiger partial charge in [0.15, 0.2) is 0 Å². The minimum absolute atomic E-state index is 0.0857. The van der Waals surface area contributed by atoms with Crippen LogP contribution in [0.2, 0.25) is 0 Å². The highest BCUT2D eigenvalue weighted by Gasteiger charge is 2.32. The minimum Gasteiger partial charge on any atom is -0.378 e. The lowest BCUT2D eigenvalue weighted by Crippen LogP contribution is -2.54.